The molecule has 1 aliphatic rings. The van der Waals surface area contributed by atoms with E-state index in [1.54, 1.807) is 36.3 Å². The van der Waals surface area contributed by atoms with Crippen molar-refractivity contribution in [1.82, 2.24) is 10.2 Å². The molecule has 2 aromatic carbocycles. The number of hydrogen-bond acceptors (Lipinski definition) is 4. The maximum atomic E-state index is 12.6. The number of aliphatic hydroxyl groups excluding tert-OH is 1. The number of methoxy groups -OCH3 is 1. The highest BCUT2D eigenvalue weighted by Crippen LogP contribution is 2.30. The Morgan fingerprint density at radius 1 is 1.17 bits per heavy atom. The first-order chi connectivity index (χ1) is 14.5. The van der Waals surface area contributed by atoms with E-state index in [0.29, 0.717) is 30.2 Å². The minimum absolute atomic E-state index is 0.0463. The number of rotatable bonds is 6. The summed E-state index contributed by atoms with van der Waals surface area (Å²) < 4.78 is 5.23. The van der Waals surface area contributed by atoms with E-state index in [0.717, 1.165) is 11.3 Å². The number of benzene rings is 2. The molecule has 3 amide bonds. The molecule has 2 aromatic rings. The smallest absolute Gasteiger partial charge is 0.319 e. The number of carbonyl (C=O) groups is 2. The van der Waals surface area contributed by atoms with Crippen LogP contribution in [-0.4, -0.2) is 54.8 Å². The number of anilines is 1. The topological polar surface area (TPSA) is 90.9 Å². The average molecular weight is 432 g/mol. The summed E-state index contributed by atoms with van der Waals surface area (Å²) in [6.07, 6.45) is 0.784. The van der Waals surface area contributed by atoms with Gasteiger partial charge >= 0.3 is 6.03 Å². The Balaban J connectivity index is 1.74. The lowest BCUT2D eigenvalue weighted by Gasteiger charge is -2.39. The molecule has 7 nitrogen and oxygen atoms in total. The van der Waals surface area contributed by atoms with Crippen LogP contribution in [0.15, 0.2) is 48.5 Å². The third-order valence-corrected chi connectivity index (χ3v) is 5.51. The minimum Gasteiger partial charge on any atom is -0.497 e. The molecule has 1 fully saturated rings. The SMILES string of the molecule is COc1ccc(C2CCN(C(=O)CCO)CC2NC(=O)Nc2ccc(Cl)cc2)cc1. The van der Waals surface area contributed by atoms with E-state index >= 15 is 0 Å². The summed E-state index contributed by atoms with van der Waals surface area (Å²) in [5, 5.41) is 15.5. The summed E-state index contributed by atoms with van der Waals surface area (Å²) in [6, 6.07) is 14.0. The average Bonchev–Trinajstić information content (AvgIpc) is 2.75. The van der Waals surface area contributed by atoms with Crippen LogP contribution in [0, 0.1) is 0 Å². The molecular formula is C22H26ClN3O4. The Kier molecular flexibility index (Phi) is 7.54. The molecule has 1 heterocycles. The number of nitrogens with one attached hydrogen (secondary N) is 2. The zero-order valence-electron chi connectivity index (χ0n) is 16.8. The van der Waals surface area contributed by atoms with Gasteiger partial charge in [0.1, 0.15) is 5.75 Å². The molecule has 3 N–H and O–H groups in total. The summed E-state index contributed by atoms with van der Waals surface area (Å²) in [5.41, 5.74) is 1.70. The molecule has 1 saturated heterocycles. The normalized spacial score (nSPS) is 18.6. The number of nitrogens with zero attached hydrogens (tertiary/aromatic N) is 1. The van der Waals surface area contributed by atoms with E-state index in [2.05, 4.69) is 10.6 Å². The molecule has 3 rings (SSSR count). The van der Waals surface area contributed by atoms with Gasteiger partial charge in [-0.05, 0) is 48.4 Å². The number of hydrogen-bond donors (Lipinski definition) is 3. The van der Waals surface area contributed by atoms with Crippen LogP contribution < -0.4 is 15.4 Å². The lowest BCUT2D eigenvalue weighted by atomic mass is 9.85. The molecule has 0 spiro atoms. The molecule has 0 saturated carbocycles. The zero-order chi connectivity index (χ0) is 21.5. The van der Waals surface area contributed by atoms with E-state index in [4.69, 9.17) is 21.4 Å². The van der Waals surface area contributed by atoms with Gasteiger partial charge in [-0.15, -0.1) is 0 Å². The lowest BCUT2D eigenvalue weighted by Crippen LogP contribution is -2.54. The summed E-state index contributed by atoms with van der Waals surface area (Å²) in [6.45, 7) is 0.766. The highest BCUT2D eigenvalue weighted by atomic mass is 35.5. The van der Waals surface area contributed by atoms with Crippen molar-refractivity contribution in [2.45, 2.75) is 24.8 Å². The second kappa shape index (κ2) is 10.3. The number of carbonyl (C=O) groups excluding carboxylic acids is 2. The highest BCUT2D eigenvalue weighted by molar-refractivity contribution is 6.30. The first-order valence-corrected chi connectivity index (χ1v) is 10.2. The van der Waals surface area contributed by atoms with Crippen LogP contribution in [-0.2, 0) is 4.79 Å². The molecule has 2 unspecified atom stereocenters. The fraction of sp³-hybridized carbons (Fsp3) is 0.364. The van der Waals surface area contributed by atoms with Crippen LogP contribution in [0.25, 0.3) is 0 Å². The van der Waals surface area contributed by atoms with Gasteiger partial charge in [-0.3, -0.25) is 4.79 Å². The molecule has 0 radical (unpaired) electrons. The molecular weight excluding hydrogens is 406 g/mol. The van der Waals surface area contributed by atoms with Crippen molar-refractivity contribution < 1.29 is 19.4 Å². The van der Waals surface area contributed by atoms with E-state index < -0.39 is 0 Å². The largest absolute Gasteiger partial charge is 0.497 e. The van der Waals surface area contributed by atoms with Crippen molar-refractivity contribution in [2.75, 3.05) is 32.1 Å². The van der Waals surface area contributed by atoms with Crippen molar-refractivity contribution in [2.24, 2.45) is 0 Å². The Hall–Kier alpha value is -2.77. The van der Waals surface area contributed by atoms with Crippen LogP contribution in [0.4, 0.5) is 10.5 Å². The molecule has 0 bridgehead atoms. The Bertz CT molecular complexity index is 858. The molecule has 1 aliphatic heterocycles. The molecule has 8 heteroatoms. The Labute approximate surface area is 181 Å². The third kappa shape index (κ3) is 5.64. The molecule has 0 aliphatic carbocycles. The lowest BCUT2D eigenvalue weighted by molar-refractivity contribution is -0.133. The van der Waals surface area contributed by atoms with Gasteiger partial charge in [0.25, 0.3) is 0 Å². The predicted octanol–water partition coefficient (Wildman–Crippen LogP) is 3.24. The fourth-order valence-electron chi connectivity index (χ4n) is 3.70. The number of likely N-dealkylation sites (tertiary alicyclic amines) is 1. The number of aliphatic hydroxyl groups is 1. The minimum atomic E-state index is -0.350. The number of urea groups is 1. The fourth-order valence-corrected chi connectivity index (χ4v) is 3.82. The second-order valence-electron chi connectivity index (χ2n) is 7.19. The quantitative estimate of drug-likeness (QED) is 0.654. The van der Waals surface area contributed by atoms with Gasteiger partial charge in [-0.1, -0.05) is 23.7 Å². The van der Waals surface area contributed by atoms with E-state index in [1.165, 1.54) is 0 Å². The van der Waals surface area contributed by atoms with Crippen LogP contribution in [0.2, 0.25) is 5.02 Å². The zero-order valence-corrected chi connectivity index (χ0v) is 17.6. The standard InChI is InChI=1S/C22H26ClN3O4/c1-30-18-8-2-15(3-9-18)19-10-12-26(21(28)11-13-27)14-20(19)25-22(29)24-17-6-4-16(23)5-7-17/h2-9,19-20,27H,10-14H2,1H3,(H2,24,25,29). The highest BCUT2D eigenvalue weighted by Gasteiger charge is 2.33. The monoisotopic (exact) mass is 431 g/mol. The summed E-state index contributed by atoms with van der Waals surface area (Å²) in [7, 11) is 1.62. The van der Waals surface area contributed by atoms with Crippen molar-refractivity contribution in [3.05, 3.63) is 59.1 Å². The molecule has 0 aromatic heterocycles. The first-order valence-electron chi connectivity index (χ1n) is 9.86. The number of halogens is 1. The maximum absolute atomic E-state index is 12.6. The van der Waals surface area contributed by atoms with Crippen molar-refractivity contribution in [3.63, 3.8) is 0 Å². The van der Waals surface area contributed by atoms with Gasteiger partial charge in [0, 0.05) is 36.1 Å². The van der Waals surface area contributed by atoms with Crippen LogP contribution >= 0.6 is 11.6 Å². The van der Waals surface area contributed by atoms with Crippen molar-refractivity contribution in [3.8, 4) is 5.75 Å². The summed E-state index contributed by atoms with van der Waals surface area (Å²) in [4.78, 5) is 26.6. The molecule has 2 atom stereocenters. The van der Waals surface area contributed by atoms with E-state index in [-0.39, 0.29) is 36.9 Å². The predicted molar refractivity (Wildman–Crippen MR) is 116 cm³/mol. The second-order valence-corrected chi connectivity index (χ2v) is 7.63. The number of piperidine rings is 1. The van der Waals surface area contributed by atoms with Gasteiger partial charge in [0.2, 0.25) is 5.91 Å². The van der Waals surface area contributed by atoms with Crippen LogP contribution in [0.3, 0.4) is 0 Å². The maximum Gasteiger partial charge on any atom is 0.319 e. The van der Waals surface area contributed by atoms with Gasteiger partial charge in [0.15, 0.2) is 0 Å². The Morgan fingerprint density at radius 3 is 2.50 bits per heavy atom. The number of amides is 3. The number of ether oxygens (including phenoxy) is 1. The van der Waals surface area contributed by atoms with Crippen molar-refractivity contribution in [1.29, 1.82) is 0 Å². The van der Waals surface area contributed by atoms with Gasteiger partial charge in [-0.2, -0.15) is 0 Å². The van der Waals surface area contributed by atoms with Gasteiger partial charge < -0.3 is 25.4 Å². The van der Waals surface area contributed by atoms with E-state index in [9.17, 15) is 9.59 Å². The summed E-state index contributed by atoms with van der Waals surface area (Å²) in [5.74, 6) is 0.694. The van der Waals surface area contributed by atoms with Crippen molar-refractivity contribution >= 4 is 29.2 Å². The first kappa shape index (κ1) is 21.9. The van der Waals surface area contributed by atoms with E-state index in [1.807, 2.05) is 24.3 Å². The Morgan fingerprint density at radius 2 is 1.87 bits per heavy atom. The van der Waals surface area contributed by atoms with Gasteiger partial charge in [0.05, 0.1) is 19.8 Å². The van der Waals surface area contributed by atoms with Crippen LogP contribution in [0.5, 0.6) is 5.75 Å². The molecule has 30 heavy (non-hydrogen) atoms. The van der Waals surface area contributed by atoms with Gasteiger partial charge in [-0.25, -0.2) is 4.79 Å². The third-order valence-electron chi connectivity index (χ3n) is 5.25. The van der Waals surface area contributed by atoms with Crippen LogP contribution in [0.1, 0.15) is 24.3 Å². The summed E-state index contributed by atoms with van der Waals surface area (Å²) >= 11 is 5.89. The molecule has 160 valence electrons.